The van der Waals surface area contributed by atoms with E-state index in [1.54, 1.807) is 0 Å². The smallest absolute Gasteiger partial charge is 0.414 e. The summed E-state index contributed by atoms with van der Waals surface area (Å²) in [6.07, 6.45) is 1.77. The highest BCUT2D eigenvalue weighted by molar-refractivity contribution is 6.27. The molecule has 0 spiro atoms. The number of piperidine rings is 1. The van der Waals surface area contributed by atoms with Crippen LogP contribution in [0.2, 0.25) is 0 Å². The van der Waals surface area contributed by atoms with Crippen LogP contribution in [0.25, 0.3) is 0 Å². The molecule has 0 aromatic heterocycles. The molecule has 6 heteroatoms. The molecule has 128 valence electrons. The van der Waals surface area contributed by atoms with Crippen LogP contribution in [0, 0.1) is 0 Å². The third-order valence-corrected chi connectivity index (χ3v) is 3.79. The Morgan fingerprint density at radius 1 is 1.09 bits per heavy atom. The zero-order chi connectivity index (χ0) is 17.4. The van der Waals surface area contributed by atoms with Gasteiger partial charge in [0.1, 0.15) is 0 Å². The van der Waals surface area contributed by atoms with Crippen LogP contribution in [0.4, 0.5) is 0 Å². The molecule has 6 nitrogen and oxygen atoms in total. The fraction of sp³-hybridized carbons (Fsp3) is 0.529. The summed E-state index contributed by atoms with van der Waals surface area (Å²) in [7, 11) is 0. The SMILES string of the molecule is CC(C)c1ccc(CN2CCC(O)CC2)cc1.O=C(O)C(=O)O. The average molecular weight is 323 g/mol. The van der Waals surface area contributed by atoms with Crippen LogP contribution in [0.5, 0.6) is 0 Å². The number of hydrogen-bond donors (Lipinski definition) is 3. The van der Waals surface area contributed by atoms with Crippen molar-refractivity contribution in [2.24, 2.45) is 0 Å². The molecule has 0 atom stereocenters. The Kier molecular flexibility index (Phi) is 7.71. The van der Waals surface area contributed by atoms with Crippen LogP contribution in [-0.2, 0) is 16.1 Å². The Bertz CT molecular complexity index is 492. The van der Waals surface area contributed by atoms with Gasteiger partial charge in [-0.1, -0.05) is 38.1 Å². The lowest BCUT2D eigenvalue weighted by atomic mass is 10.0. The van der Waals surface area contributed by atoms with Crippen molar-refractivity contribution in [1.82, 2.24) is 4.90 Å². The second kappa shape index (κ2) is 9.27. The van der Waals surface area contributed by atoms with E-state index in [1.807, 2.05) is 0 Å². The fourth-order valence-corrected chi connectivity index (χ4v) is 2.34. The first-order chi connectivity index (χ1) is 10.8. The number of aliphatic hydroxyl groups is 1. The van der Waals surface area contributed by atoms with E-state index in [2.05, 4.69) is 43.0 Å². The Hall–Kier alpha value is -1.92. The molecule has 1 aliphatic heterocycles. The molecule has 1 aromatic carbocycles. The summed E-state index contributed by atoms with van der Waals surface area (Å²) in [5.41, 5.74) is 2.79. The van der Waals surface area contributed by atoms with Crippen molar-refractivity contribution >= 4 is 11.9 Å². The van der Waals surface area contributed by atoms with Crippen LogP contribution in [0.1, 0.15) is 43.7 Å². The van der Waals surface area contributed by atoms with E-state index in [1.165, 1.54) is 11.1 Å². The first kappa shape index (κ1) is 19.1. The van der Waals surface area contributed by atoms with Gasteiger partial charge in [0.05, 0.1) is 6.10 Å². The van der Waals surface area contributed by atoms with E-state index in [9.17, 15) is 5.11 Å². The minimum Gasteiger partial charge on any atom is -0.473 e. The zero-order valence-electron chi connectivity index (χ0n) is 13.6. The molecule has 1 saturated heterocycles. The number of carboxylic acid groups (broad SMARTS) is 2. The van der Waals surface area contributed by atoms with Gasteiger partial charge in [0, 0.05) is 19.6 Å². The topological polar surface area (TPSA) is 98.1 Å². The maximum Gasteiger partial charge on any atom is 0.414 e. The number of carbonyl (C=O) groups is 2. The molecule has 1 aliphatic rings. The molecule has 0 bridgehead atoms. The Balaban J connectivity index is 0.000000379. The van der Waals surface area contributed by atoms with Crippen LogP contribution < -0.4 is 0 Å². The zero-order valence-corrected chi connectivity index (χ0v) is 13.6. The lowest BCUT2D eigenvalue weighted by Crippen LogP contribution is -2.35. The first-order valence-electron chi connectivity index (χ1n) is 7.75. The quantitative estimate of drug-likeness (QED) is 0.735. The first-order valence-corrected chi connectivity index (χ1v) is 7.75. The van der Waals surface area contributed by atoms with Crippen molar-refractivity contribution in [3.8, 4) is 0 Å². The van der Waals surface area contributed by atoms with Crippen molar-refractivity contribution < 1.29 is 24.9 Å². The van der Waals surface area contributed by atoms with Gasteiger partial charge >= 0.3 is 11.9 Å². The summed E-state index contributed by atoms with van der Waals surface area (Å²) in [4.78, 5) is 20.6. The molecule has 0 radical (unpaired) electrons. The minimum atomic E-state index is -1.82. The van der Waals surface area contributed by atoms with Gasteiger partial charge in [-0.05, 0) is 29.9 Å². The van der Waals surface area contributed by atoms with Crippen LogP contribution in [0.15, 0.2) is 24.3 Å². The Morgan fingerprint density at radius 3 is 1.96 bits per heavy atom. The molecule has 1 heterocycles. The van der Waals surface area contributed by atoms with Gasteiger partial charge in [-0.2, -0.15) is 0 Å². The van der Waals surface area contributed by atoms with Gasteiger partial charge in [-0.3, -0.25) is 4.90 Å². The molecule has 0 saturated carbocycles. The normalized spacial score (nSPS) is 15.8. The van der Waals surface area contributed by atoms with E-state index in [0.29, 0.717) is 5.92 Å². The molecule has 0 unspecified atom stereocenters. The number of aliphatic carboxylic acids is 2. The Morgan fingerprint density at radius 2 is 1.57 bits per heavy atom. The number of aliphatic hydroxyl groups excluding tert-OH is 1. The summed E-state index contributed by atoms with van der Waals surface area (Å²) in [6.45, 7) is 7.51. The molecule has 3 N–H and O–H groups in total. The van der Waals surface area contributed by atoms with Crippen molar-refractivity contribution in [3.63, 3.8) is 0 Å². The number of hydrogen-bond acceptors (Lipinski definition) is 4. The standard InChI is InChI=1S/C15H23NO.C2H2O4/c1-12(2)14-5-3-13(4-6-14)11-16-9-7-15(17)8-10-16;3-1(4)2(5)6/h3-6,12,15,17H,7-11H2,1-2H3;(H,3,4)(H,5,6). The molecule has 1 aromatic rings. The molecule has 0 aliphatic carbocycles. The Labute approximate surface area is 136 Å². The van der Waals surface area contributed by atoms with E-state index in [-0.39, 0.29) is 6.10 Å². The van der Waals surface area contributed by atoms with E-state index in [4.69, 9.17) is 19.8 Å². The van der Waals surface area contributed by atoms with Crippen molar-refractivity contribution in [1.29, 1.82) is 0 Å². The molecular weight excluding hydrogens is 298 g/mol. The summed E-state index contributed by atoms with van der Waals surface area (Å²) in [5.74, 6) is -3.04. The van der Waals surface area contributed by atoms with Crippen LogP contribution in [0.3, 0.4) is 0 Å². The van der Waals surface area contributed by atoms with Crippen molar-refractivity contribution in [2.75, 3.05) is 13.1 Å². The number of nitrogens with zero attached hydrogens (tertiary/aromatic N) is 1. The van der Waals surface area contributed by atoms with Gasteiger partial charge in [0.15, 0.2) is 0 Å². The fourth-order valence-electron chi connectivity index (χ4n) is 2.34. The lowest BCUT2D eigenvalue weighted by molar-refractivity contribution is -0.159. The molecular formula is C17H25NO5. The highest BCUT2D eigenvalue weighted by Gasteiger charge is 2.16. The maximum atomic E-state index is 9.46. The summed E-state index contributed by atoms with van der Waals surface area (Å²) in [6, 6.07) is 8.94. The van der Waals surface area contributed by atoms with Crippen LogP contribution >= 0.6 is 0 Å². The van der Waals surface area contributed by atoms with Gasteiger partial charge in [0.25, 0.3) is 0 Å². The summed E-state index contributed by atoms with van der Waals surface area (Å²) >= 11 is 0. The van der Waals surface area contributed by atoms with E-state index in [0.717, 1.165) is 32.5 Å². The lowest BCUT2D eigenvalue weighted by Gasteiger charge is -2.29. The van der Waals surface area contributed by atoms with Crippen LogP contribution in [-0.4, -0.2) is 51.4 Å². The van der Waals surface area contributed by atoms with Gasteiger partial charge in [-0.25, -0.2) is 9.59 Å². The monoisotopic (exact) mass is 323 g/mol. The summed E-state index contributed by atoms with van der Waals surface area (Å²) in [5, 5.41) is 24.2. The van der Waals surface area contributed by atoms with E-state index >= 15 is 0 Å². The highest BCUT2D eigenvalue weighted by Crippen LogP contribution is 2.17. The predicted molar refractivity (Wildman–Crippen MR) is 86.3 cm³/mol. The molecule has 2 rings (SSSR count). The third-order valence-electron chi connectivity index (χ3n) is 3.79. The van der Waals surface area contributed by atoms with Gasteiger partial charge in [0.2, 0.25) is 0 Å². The minimum absolute atomic E-state index is 0.0745. The van der Waals surface area contributed by atoms with Crippen molar-refractivity contribution in [2.45, 2.75) is 45.3 Å². The largest absolute Gasteiger partial charge is 0.473 e. The second-order valence-corrected chi connectivity index (χ2v) is 6.01. The van der Waals surface area contributed by atoms with Crippen molar-refractivity contribution in [3.05, 3.63) is 35.4 Å². The summed E-state index contributed by atoms with van der Waals surface area (Å²) < 4.78 is 0. The number of rotatable bonds is 3. The van der Waals surface area contributed by atoms with Gasteiger partial charge < -0.3 is 15.3 Å². The van der Waals surface area contributed by atoms with Gasteiger partial charge in [-0.15, -0.1) is 0 Å². The number of likely N-dealkylation sites (tertiary alicyclic amines) is 1. The van der Waals surface area contributed by atoms with E-state index < -0.39 is 11.9 Å². The second-order valence-electron chi connectivity index (χ2n) is 6.01. The maximum absolute atomic E-state index is 9.46. The molecule has 23 heavy (non-hydrogen) atoms. The highest BCUT2D eigenvalue weighted by atomic mass is 16.4. The number of carboxylic acids is 2. The third kappa shape index (κ3) is 7.25. The predicted octanol–water partition coefficient (Wildman–Crippen LogP) is 1.92. The number of benzene rings is 1. The molecule has 0 amide bonds. The average Bonchev–Trinajstić information content (AvgIpc) is 2.50. The molecule has 1 fully saturated rings.